The summed E-state index contributed by atoms with van der Waals surface area (Å²) in [5, 5.41) is 13.1. The van der Waals surface area contributed by atoms with E-state index in [9.17, 15) is 23.5 Å². The Bertz CT molecular complexity index is 1430. The molecule has 0 radical (unpaired) electrons. The number of aliphatic hydroxyl groups excluding tert-OH is 1. The molecule has 1 aliphatic heterocycles. The first-order chi connectivity index (χ1) is 15.3. The molecule has 5 rings (SSSR count). The molecular formula is C22H11ClF2N2O3S2. The molecule has 1 N–H and O–H groups in total. The van der Waals surface area contributed by atoms with Crippen molar-refractivity contribution in [2.24, 2.45) is 0 Å². The van der Waals surface area contributed by atoms with E-state index in [-0.39, 0.29) is 32.2 Å². The fraction of sp³-hybridized carbons (Fsp3) is 0.0455. The molecule has 0 spiro atoms. The van der Waals surface area contributed by atoms with E-state index >= 15 is 0 Å². The summed E-state index contributed by atoms with van der Waals surface area (Å²) in [6.45, 7) is 0. The molecule has 0 bridgehead atoms. The molecule has 2 aromatic carbocycles. The third-order valence-corrected chi connectivity index (χ3v) is 7.12. The topological polar surface area (TPSA) is 70.5 Å². The van der Waals surface area contributed by atoms with Gasteiger partial charge in [0.05, 0.1) is 10.3 Å². The zero-order valence-corrected chi connectivity index (χ0v) is 18.3. The van der Waals surface area contributed by atoms with Gasteiger partial charge < -0.3 is 5.11 Å². The minimum atomic E-state index is -0.984. The van der Waals surface area contributed by atoms with Crippen molar-refractivity contribution in [3.63, 3.8) is 0 Å². The van der Waals surface area contributed by atoms with Crippen LogP contribution in [-0.2, 0) is 9.59 Å². The smallest absolute Gasteiger partial charge is 0.301 e. The molecule has 0 aliphatic carbocycles. The molecule has 5 nitrogen and oxygen atoms in total. The number of hydrogen-bond donors (Lipinski definition) is 1. The molecular weight excluding hydrogens is 478 g/mol. The van der Waals surface area contributed by atoms with Gasteiger partial charge in [-0.15, -0.1) is 11.3 Å². The molecule has 1 unspecified atom stereocenters. The maximum atomic E-state index is 14.2. The van der Waals surface area contributed by atoms with Crippen LogP contribution in [0, 0.1) is 11.6 Å². The van der Waals surface area contributed by atoms with E-state index in [0.717, 1.165) is 22.3 Å². The molecule has 3 heterocycles. The number of carbonyl (C=O) groups is 2. The Labute approximate surface area is 192 Å². The number of aromatic nitrogens is 1. The number of thiophene rings is 1. The molecule has 160 valence electrons. The molecule has 1 fully saturated rings. The Morgan fingerprint density at radius 1 is 1.12 bits per heavy atom. The summed E-state index contributed by atoms with van der Waals surface area (Å²) in [4.78, 5) is 32.0. The number of thiazole rings is 1. The molecule has 0 saturated carbocycles. The van der Waals surface area contributed by atoms with Crippen molar-refractivity contribution in [1.29, 1.82) is 0 Å². The second kappa shape index (κ2) is 7.77. The summed E-state index contributed by atoms with van der Waals surface area (Å²) in [6.07, 6.45) is 0. The monoisotopic (exact) mass is 488 g/mol. The lowest BCUT2D eigenvalue weighted by Crippen LogP contribution is -2.28. The predicted molar refractivity (Wildman–Crippen MR) is 120 cm³/mol. The number of benzene rings is 2. The molecule has 4 aromatic rings. The maximum absolute atomic E-state index is 14.2. The summed E-state index contributed by atoms with van der Waals surface area (Å²) in [5.41, 5.74) is 0.0353. The molecule has 1 atom stereocenters. The van der Waals surface area contributed by atoms with Crippen molar-refractivity contribution in [3.8, 4) is 0 Å². The minimum absolute atomic E-state index is 0.0233. The van der Waals surface area contributed by atoms with E-state index < -0.39 is 29.4 Å². The summed E-state index contributed by atoms with van der Waals surface area (Å²) >= 11 is 8.19. The normalized spacial score (nSPS) is 18.1. The van der Waals surface area contributed by atoms with Crippen LogP contribution >= 0.6 is 34.3 Å². The third-order valence-electron chi connectivity index (χ3n) is 4.96. The van der Waals surface area contributed by atoms with Crippen LogP contribution in [0.1, 0.15) is 16.5 Å². The Morgan fingerprint density at radius 3 is 2.66 bits per heavy atom. The van der Waals surface area contributed by atoms with E-state index in [1.165, 1.54) is 17.4 Å². The van der Waals surface area contributed by atoms with Crippen LogP contribution in [0.4, 0.5) is 13.9 Å². The highest BCUT2D eigenvalue weighted by Crippen LogP contribution is 2.45. The number of fused-ring (bicyclic) bond motifs is 1. The van der Waals surface area contributed by atoms with Crippen LogP contribution < -0.4 is 4.90 Å². The number of anilines is 1. The molecule has 1 saturated heterocycles. The van der Waals surface area contributed by atoms with E-state index in [1.54, 1.807) is 35.7 Å². The average Bonchev–Trinajstić information content (AvgIpc) is 3.47. The SMILES string of the molecule is O=C1C(=O)N(c2nc3c(F)cc(F)cc3s2)C(c2cccs2)/C1=C(\O)c1cccc(Cl)c1. The lowest BCUT2D eigenvalue weighted by molar-refractivity contribution is -0.132. The first kappa shape index (κ1) is 20.7. The summed E-state index contributed by atoms with van der Waals surface area (Å²) in [6, 6.07) is 10.6. The number of Topliss-reactive ketones (excluding diaryl/α,β-unsaturated/α-hetero) is 1. The fourth-order valence-electron chi connectivity index (χ4n) is 3.59. The van der Waals surface area contributed by atoms with E-state index in [4.69, 9.17) is 11.6 Å². The Hall–Kier alpha value is -3.14. The minimum Gasteiger partial charge on any atom is -0.507 e. The second-order valence-corrected chi connectivity index (χ2v) is 9.35. The van der Waals surface area contributed by atoms with Gasteiger partial charge in [0.1, 0.15) is 23.1 Å². The van der Waals surface area contributed by atoms with E-state index in [0.29, 0.717) is 16.0 Å². The molecule has 32 heavy (non-hydrogen) atoms. The Balaban J connectivity index is 1.73. The number of carbonyl (C=O) groups excluding carboxylic acids is 2. The van der Waals surface area contributed by atoms with Gasteiger partial charge in [0, 0.05) is 21.5 Å². The van der Waals surface area contributed by atoms with Gasteiger partial charge in [0.25, 0.3) is 5.78 Å². The van der Waals surface area contributed by atoms with Crippen LogP contribution in [0.25, 0.3) is 16.0 Å². The highest BCUT2D eigenvalue weighted by Gasteiger charge is 2.48. The van der Waals surface area contributed by atoms with Gasteiger partial charge in [-0.25, -0.2) is 13.8 Å². The van der Waals surface area contributed by atoms with Crippen molar-refractivity contribution in [3.05, 3.63) is 86.6 Å². The molecule has 10 heteroatoms. The lowest BCUT2D eigenvalue weighted by atomic mass is 10.00. The molecule has 1 aliphatic rings. The van der Waals surface area contributed by atoms with E-state index in [1.807, 2.05) is 0 Å². The number of amides is 1. The first-order valence-corrected chi connectivity index (χ1v) is 11.3. The predicted octanol–water partition coefficient (Wildman–Crippen LogP) is 5.92. The number of halogens is 3. The number of aliphatic hydroxyl groups is 1. The zero-order valence-electron chi connectivity index (χ0n) is 15.9. The van der Waals surface area contributed by atoms with Crippen LogP contribution in [0.5, 0.6) is 0 Å². The van der Waals surface area contributed by atoms with E-state index in [2.05, 4.69) is 4.98 Å². The van der Waals surface area contributed by atoms with Gasteiger partial charge in [0.15, 0.2) is 10.9 Å². The van der Waals surface area contributed by atoms with Gasteiger partial charge in [0.2, 0.25) is 0 Å². The quantitative estimate of drug-likeness (QED) is 0.221. The third kappa shape index (κ3) is 3.29. The second-order valence-electron chi connectivity index (χ2n) is 6.93. The van der Waals surface area contributed by atoms with Gasteiger partial charge in [-0.1, -0.05) is 41.1 Å². The van der Waals surface area contributed by atoms with Crippen LogP contribution in [-0.4, -0.2) is 21.8 Å². The first-order valence-electron chi connectivity index (χ1n) is 9.21. The Morgan fingerprint density at radius 2 is 1.94 bits per heavy atom. The van der Waals surface area contributed by atoms with Crippen LogP contribution in [0.2, 0.25) is 5.02 Å². The number of ketones is 1. The van der Waals surface area contributed by atoms with Crippen LogP contribution in [0.3, 0.4) is 0 Å². The van der Waals surface area contributed by atoms with Gasteiger partial charge in [-0.2, -0.15) is 0 Å². The van der Waals surface area contributed by atoms with Crippen molar-refractivity contribution >= 4 is 67.1 Å². The zero-order chi connectivity index (χ0) is 22.6. The average molecular weight is 489 g/mol. The van der Waals surface area contributed by atoms with Gasteiger partial charge >= 0.3 is 5.91 Å². The summed E-state index contributed by atoms with van der Waals surface area (Å²) in [7, 11) is 0. The largest absolute Gasteiger partial charge is 0.507 e. The molecule has 2 aromatic heterocycles. The van der Waals surface area contributed by atoms with Crippen molar-refractivity contribution in [2.75, 3.05) is 4.90 Å². The maximum Gasteiger partial charge on any atom is 0.301 e. The van der Waals surface area contributed by atoms with Crippen molar-refractivity contribution in [1.82, 2.24) is 4.98 Å². The van der Waals surface area contributed by atoms with Crippen molar-refractivity contribution < 1.29 is 23.5 Å². The number of nitrogens with zero attached hydrogens (tertiary/aromatic N) is 2. The van der Waals surface area contributed by atoms with Crippen LogP contribution in [0.15, 0.2) is 59.5 Å². The Kier molecular flexibility index (Phi) is 5.04. The van der Waals surface area contributed by atoms with Gasteiger partial charge in [-0.3, -0.25) is 14.5 Å². The van der Waals surface area contributed by atoms with Gasteiger partial charge in [-0.05, 0) is 29.6 Å². The molecule has 1 amide bonds. The lowest BCUT2D eigenvalue weighted by Gasteiger charge is -2.21. The fourth-order valence-corrected chi connectivity index (χ4v) is 5.63. The standard InChI is InChI=1S/C22H11ClF2N2O3S2/c23-11-4-1-3-10(7-11)19(28)16-18(14-5-2-6-31-14)27(21(30)20(16)29)22-26-17-13(25)8-12(24)9-15(17)32-22/h1-9,18,28H/b19-16+. The van der Waals surface area contributed by atoms with Crippen molar-refractivity contribution in [2.45, 2.75) is 6.04 Å². The highest BCUT2D eigenvalue weighted by atomic mass is 35.5. The highest BCUT2D eigenvalue weighted by molar-refractivity contribution is 7.22. The summed E-state index contributed by atoms with van der Waals surface area (Å²) in [5.74, 6) is -3.86. The number of hydrogen-bond acceptors (Lipinski definition) is 6. The number of rotatable bonds is 3. The summed E-state index contributed by atoms with van der Waals surface area (Å²) < 4.78 is 28.1.